The van der Waals surface area contributed by atoms with Crippen LogP contribution in [0.2, 0.25) is 0 Å². The molecule has 0 amide bonds. The van der Waals surface area contributed by atoms with Crippen LogP contribution >= 0.6 is 0 Å². The molecule has 1 aromatic carbocycles. The van der Waals surface area contributed by atoms with Gasteiger partial charge in [0.05, 0.1) is 18.7 Å². The molecule has 2 N–H and O–H groups in total. The first kappa shape index (κ1) is 24.4. The van der Waals surface area contributed by atoms with Crippen LogP contribution in [0, 0.1) is 0 Å². The van der Waals surface area contributed by atoms with Gasteiger partial charge in [-0.25, -0.2) is 0 Å². The molecule has 166 valence electrons. The second-order valence-electron chi connectivity index (χ2n) is 7.52. The minimum absolute atomic E-state index is 0.0125. The monoisotopic (exact) mass is 424 g/mol. The van der Waals surface area contributed by atoms with E-state index < -0.39 is 5.97 Å². The van der Waals surface area contributed by atoms with Crippen LogP contribution < -0.4 is 0 Å². The largest absolute Gasteiger partial charge is 0.481 e. The van der Waals surface area contributed by atoms with Crippen LogP contribution in [0.5, 0.6) is 0 Å². The van der Waals surface area contributed by atoms with Gasteiger partial charge < -0.3 is 10.2 Å². The smallest absolute Gasteiger partial charge is 0.304 e. The summed E-state index contributed by atoms with van der Waals surface area (Å²) in [6.07, 6.45) is 10.4. The topological polar surface area (TPSA) is 90.7 Å². The number of allylic oxidation sites excluding steroid dienone is 1. The molecule has 0 radical (unpaired) electrons. The highest BCUT2D eigenvalue weighted by Crippen LogP contribution is 2.11. The van der Waals surface area contributed by atoms with Crippen LogP contribution in [0.1, 0.15) is 60.1 Å². The number of aliphatic hydroxyl groups is 1. The van der Waals surface area contributed by atoms with Gasteiger partial charge in [-0.2, -0.15) is 0 Å². The number of carboxylic acid groups (broad SMARTS) is 1. The normalized spacial score (nSPS) is 11.3. The van der Waals surface area contributed by atoms with Gasteiger partial charge >= 0.3 is 5.97 Å². The van der Waals surface area contributed by atoms with Gasteiger partial charge in [0.15, 0.2) is 5.78 Å². The van der Waals surface area contributed by atoms with Crippen molar-refractivity contribution < 1.29 is 19.8 Å². The van der Waals surface area contributed by atoms with Crippen LogP contribution in [0.25, 0.3) is 6.08 Å². The van der Waals surface area contributed by atoms with Crippen molar-refractivity contribution in [1.29, 1.82) is 0 Å². The number of carboxylic acids is 1. The molecule has 0 atom stereocenters. The number of aromatic nitrogens is 1. The number of aliphatic carboxylic acids is 1. The molecule has 0 aliphatic rings. The Morgan fingerprint density at radius 2 is 1.77 bits per heavy atom. The van der Waals surface area contributed by atoms with Crippen LogP contribution in [-0.2, 0) is 11.3 Å². The molecule has 0 spiro atoms. The van der Waals surface area contributed by atoms with Crippen molar-refractivity contribution in [3.8, 4) is 0 Å². The fourth-order valence-corrected chi connectivity index (χ4v) is 3.23. The second-order valence-corrected chi connectivity index (χ2v) is 7.52. The first-order valence-corrected chi connectivity index (χ1v) is 10.8. The van der Waals surface area contributed by atoms with Gasteiger partial charge in [-0.3, -0.25) is 19.5 Å². The maximum atomic E-state index is 12.4. The first-order valence-electron chi connectivity index (χ1n) is 10.8. The number of carbonyl (C=O) groups excluding carboxylic acids is 1. The number of nitrogens with zero attached hydrogens (tertiary/aromatic N) is 2. The fourth-order valence-electron chi connectivity index (χ4n) is 3.23. The van der Waals surface area contributed by atoms with Gasteiger partial charge in [-0.05, 0) is 37.0 Å². The van der Waals surface area contributed by atoms with Gasteiger partial charge in [0.2, 0.25) is 0 Å². The lowest BCUT2D eigenvalue weighted by Gasteiger charge is -2.19. The number of carbonyl (C=O) groups is 2. The van der Waals surface area contributed by atoms with Crippen LogP contribution in [0.3, 0.4) is 0 Å². The zero-order valence-corrected chi connectivity index (χ0v) is 17.9. The number of aliphatic hydroxyl groups excluding tert-OH is 1. The molecule has 31 heavy (non-hydrogen) atoms. The summed E-state index contributed by atoms with van der Waals surface area (Å²) in [6, 6.07) is 13.8. The van der Waals surface area contributed by atoms with Gasteiger partial charge in [-0.1, -0.05) is 48.9 Å². The van der Waals surface area contributed by atoms with E-state index in [1.807, 2.05) is 23.1 Å². The number of pyridine rings is 1. The third-order valence-electron chi connectivity index (χ3n) is 4.97. The minimum Gasteiger partial charge on any atom is -0.481 e. The second kappa shape index (κ2) is 14.2. The predicted molar refractivity (Wildman–Crippen MR) is 122 cm³/mol. The van der Waals surface area contributed by atoms with Crippen molar-refractivity contribution in [1.82, 2.24) is 9.88 Å². The number of rotatable bonds is 15. The number of hydrogen-bond acceptors (Lipinski definition) is 5. The number of benzene rings is 1. The van der Waals surface area contributed by atoms with Crippen molar-refractivity contribution >= 4 is 17.8 Å². The molecule has 1 heterocycles. The van der Waals surface area contributed by atoms with Gasteiger partial charge in [-0.15, -0.1) is 0 Å². The summed E-state index contributed by atoms with van der Waals surface area (Å²) >= 11 is 0. The SMILES string of the molecule is O=C(O)CCN(CCO)Cc1ccc(C(=O)CCCCCC=Cc2ccccc2)cn1. The predicted octanol–water partition coefficient (Wildman–Crippen LogP) is 4.20. The summed E-state index contributed by atoms with van der Waals surface area (Å²) in [5.74, 6) is -0.777. The first-order chi connectivity index (χ1) is 15.1. The van der Waals surface area contributed by atoms with E-state index in [1.165, 1.54) is 5.56 Å². The summed E-state index contributed by atoms with van der Waals surface area (Å²) in [4.78, 5) is 29.3. The Hall–Kier alpha value is -2.83. The van der Waals surface area contributed by atoms with Gasteiger partial charge in [0.25, 0.3) is 0 Å². The molecule has 1 aromatic heterocycles. The van der Waals surface area contributed by atoms with Crippen molar-refractivity contribution in [2.45, 2.75) is 45.1 Å². The maximum absolute atomic E-state index is 12.4. The molecule has 0 unspecified atom stereocenters. The molecule has 6 heteroatoms. The van der Waals surface area contributed by atoms with E-state index in [1.54, 1.807) is 18.3 Å². The molecule has 0 fully saturated rings. The molecule has 0 saturated carbocycles. The number of ketones is 1. The highest BCUT2D eigenvalue weighted by Gasteiger charge is 2.10. The Labute approximate surface area is 184 Å². The van der Waals surface area contributed by atoms with Gasteiger partial charge in [0.1, 0.15) is 0 Å². The van der Waals surface area contributed by atoms with Crippen molar-refractivity contribution in [3.63, 3.8) is 0 Å². The average Bonchev–Trinajstić information content (AvgIpc) is 2.78. The van der Waals surface area contributed by atoms with Crippen LogP contribution in [0.15, 0.2) is 54.7 Å². The summed E-state index contributed by atoms with van der Waals surface area (Å²) in [5.41, 5.74) is 2.56. The van der Waals surface area contributed by atoms with E-state index in [2.05, 4.69) is 29.3 Å². The van der Waals surface area contributed by atoms with E-state index in [9.17, 15) is 9.59 Å². The number of Topliss-reactive ketones (excluding diaryl/α,β-unsaturated/α-hetero) is 1. The Balaban J connectivity index is 1.68. The molecule has 2 rings (SSSR count). The summed E-state index contributed by atoms with van der Waals surface area (Å²) in [6.45, 7) is 1.13. The van der Waals surface area contributed by atoms with E-state index in [4.69, 9.17) is 10.2 Å². The lowest BCUT2D eigenvalue weighted by Crippen LogP contribution is -2.29. The molecule has 0 aliphatic heterocycles. The Kier molecular flexibility index (Phi) is 11.2. The lowest BCUT2D eigenvalue weighted by atomic mass is 10.0. The van der Waals surface area contributed by atoms with Crippen LogP contribution in [-0.4, -0.2) is 51.5 Å². The molecular weight excluding hydrogens is 392 g/mol. The quantitative estimate of drug-likeness (QED) is 0.329. The van der Waals surface area contributed by atoms with Crippen molar-refractivity contribution in [3.05, 3.63) is 71.6 Å². The highest BCUT2D eigenvalue weighted by molar-refractivity contribution is 5.95. The zero-order chi connectivity index (χ0) is 22.3. The summed E-state index contributed by atoms with van der Waals surface area (Å²) < 4.78 is 0. The Morgan fingerprint density at radius 3 is 2.45 bits per heavy atom. The Morgan fingerprint density at radius 1 is 0.968 bits per heavy atom. The van der Waals surface area contributed by atoms with E-state index in [0.717, 1.165) is 31.4 Å². The summed E-state index contributed by atoms with van der Waals surface area (Å²) in [7, 11) is 0. The fraction of sp³-hybridized carbons (Fsp3) is 0.400. The zero-order valence-electron chi connectivity index (χ0n) is 17.9. The van der Waals surface area contributed by atoms with E-state index in [0.29, 0.717) is 31.6 Å². The van der Waals surface area contributed by atoms with E-state index >= 15 is 0 Å². The Bertz CT molecular complexity index is 819. The van der Waals surface area contributed by atoms with Crippen LogP contribution in [0.4, 0.5) is 0 Å². The van der Waals surface area contributed by atoms with Crippen molar-refractivity contribution in [2.24, 2.45) is 0 Å². The summed E-state index contributed by atoms with van der Waals surface area (Å²) in [5, 5.41) is 18.0. The molecular formula is C25H32N2O4. The molecule has 6 nitrogen and oxygen atoms in total. The van der Waals surface area contributed by atoms with Crippen molar-refractivity contribution in [2.75, 3.05) is 19.7 Å². The minimum atomic E-state index is -0.871. The third-order valence-corrected chi connectivity index (χ3v) is 4.97. The van der Waals surface area contributed by atoms with Gasteiger partial charge in [0, 0.05) is 37.8 Å². The lowest BCUT2D eigenvalue weighted by molar-refractivity contribution is -0.137. The standard InChI is InChI=1S/C25H32N2O4/c28-18-17-27(16-15-25(30)31)20-23-14-13-22(19-26-23)24(29)12-8-3-1-2-5-9-21-10-6-4-7-11-21/h4-7,9-11,13-14,19,28H,1-3,8,12,15-18,20H2,(H,30,31). The number of unbranched alkanes of at least 4 members (excludes halogenated alkanes) is 3. The average molecular weight is 425 g/mol. The third kappa shape index (κ3) is 10.2. The molecule has 0 aliphatic carbocycles. The highest BCUT2D eigenvalue weighted by atomic mass is 16.4. The molecule has 0 saturated heterocycles. The molecule has 2 aromatic rings. The number of hydrogen-bond donors (Lipinski definition) is 2. The maximum Gasteiger partial charge on any atom is 0.304 e. The molecule has 0 bridgehead atoms. The van der Waals surface area contributed by atoms with E-state index in [-0.39, 0.29) is 18.8 Å².